The summed E-state index contributed by atoms with van der Waals surface area (Å²) < 4.78 is 33.2. The third-order valence-electron chi connectivity index (χ3n) is 6.81. The first-order valence-corrected chi connectivity index (χ1v) is 14.1. The maximum Gasteiger partial charge on any atom is 0.439 e. The zero-order chi connectivity index (χ0) is 30.5. The fraction of sp³-hybridized carbons (Fsp3) is 0.226. The van der Waals surface area contributed by atoms with Crippen molar-refractivity contribution in [1.29, 1.82) is 0 Å². The molecule has 222 valence electrons. The summed E-state index contributed by atoms with van der Waals surface area (Å²) in [6, 6.07) is 13.8. The number of benzene rings is 2. The predicted molar refractivity (Wildman–Crippen MR) is 164 cm³/mol. The number of halogens is 3. The quantitative estimate of drug-likeness (QED) is 0.185. The smallest absolute Gasteiger partial charge is 0.352 e. The molecule has 5 rings (SSSR count). The van der Waals surface area contributed by atoms with E-state index in [1.165, 1.54) is 12.1 Å². The topological polar surface area (TPSA) is 116 Å². The number of alkyl halides is 1. The van der Waals surface area contributed by atoms with Crippen molar-refractivity contribution < 1.29 is 18.1 Å². The van der Waals surface area contributed by atoms with Crippen LogP contribution in [0.5, 0.6) is 0 Å². The van der Waals surface area contributed by atoms with Crippen molar-refractivity contribution in [2.24, 2.45) is 5.92 Å². The molecule has 2 atom stereocenters. The van der Waals surface area contributed by atoms with Crippen LogP contribution in [0.4, 0.5) is 30.8 Å². The standard InChI is InChI=1S/C31H29ClF2N6O3/c1-3-12-40(17-19-8-10-24(33)18(2)13-19)28-16-21(35-30(41)37-26-11-9-20(32)14-25(26)34)15-27(36-28)22-6-4-5-7-23(22)29-38-31(42)43-39-29/h4-11,13-16,18,24H,3,12,17H2,1-2H3,(H,38,39,42)(H2,35,36,37,41). The third-order valence-corrected chi connectivity index (χ3v) is 7.05. The van der Waals surface area contributed by atoms with Crippen LogP contribution in [0.2, 0.25) is 5.02 Å². The van der Waals surface area contributed by atoms with Crippen molar-refractivity contribution >= 4 is 34.8 Å². The molecule has 0 radical (unpaired) electrons. The number of carbonyl (C=O) groups excluding carboxylic acids is 1. The van der Waals surface area contributed by atoms with Crippen LogP contribution in [0.3, 0.4) is 0 Å². The molecule has 0 fully saturated rings. The molecule has 3 N–H and O–H groups in total. The molecule has 4 aromatic rings. The summed E-state index contributed by atoms with van der Waals surface area (Å²) in [5.41, 5.74) is 2.91. The number of H-pyrrole nitrogens is 1. The molecule has 12 heteroatoms. The Labute approximate surface area is 251 Å². The van der Waals surface area contributed by atoms with Gasteiger partial charge in [-0.3, -0.25) is 9.51 Å². The average Bonchev–Trinajstić information content (AvgIpc) is 3.42. The maximum absolute atomic E-state index is 14.4. The van der Waals surface area contributed by atoms with Gasteiger partial charge in [0.2, 0.25) is 0 Å². The second kappa shape index (κ2) is 13.0. The fourth-order valence-electron chi connectivity index (χ4n) is 4.77. The molecule has 2 aromatic heterocycles. The van der Waals surface area contributed by atoms with Crippen molar-refractivity contribution in [2.75, 3.05) is 28.6 Å². The van der Waals surface area contributed by atoms with Gasteiger partial charge in [-0.1, -0.05) is 67.0 Å². The van der Waals surface area contributed by atoms with Crippen LogP contribution in [-0.4, -0.2) is 40.4 Å². The van der Waals surface area contributed by atoms with Crippen LogP contribution in [0.1, 0.15) is 20.3 Å². The lowest BCUT2D eigenvalue weighted by Crippen LogP contribution is -2.29. The largest absolute Gasteiger partial charge is 0.439 e. The SMILES string of the molecule is CCCN(CC1=CC(C)C(F)C=C1)c1cc(NC(=O)Nc2ccc(Cl)cc2F)cc(-c2ccccc2-c2noc(=O)[nH]2)n1. The molecular formula is C31H29ClF2N6O3. The van der Waals surface area contributed by atoms with Gasteiger partial charge in [-0.15, -0.1) is 0 Å². The van der Waals surface area contributed by atoms with E-state index in [-0.39, 0.29) is 22.5 Å². The van der Waals surface area contributed by atoms with E-state index in [0.717, 1.165) is 18.1 Å². The van der Waals surface area contributed by atoms with E-state index in [9.17, 15) is 18.4 Å². The zero-order valence-electron chi connectivity index (χ0n) is 23.4. The van der Waals surface area contributed by atoms with Gasteiger partial charge >= 0.3 is 11.8 Å². The van der Waals surface area contributed by atoms with Gasteiger partial charge in [0, 0.05) is 46.9 Å². The minimum absolute atomic E-state index is 0.0411. The lowest BCUT2D eigenvalue weighted by Gasteiger charge is -2.27. The minimum Gasteiger partial charge on any atom is -0.352 e. The number of rotatable bonds is 9. The summed E-state index contributed by atoms with van der Waals surface area (Å²) in [5.74, 6) is -0.876. The van der Waals surface area contributed by atoms with E-state index in [2.05, 4.69) is 20.8 Å². The molecule has 1 aliphatic carbocycles. The number of nitrogens with one attached hydrogen (secondary N) is 3. The molecule has 2 aromatic carbocycles. The van der Waals surface area contributed by atoms with Crippen molar-refractivity contribution in [3.8, 4) is 22.6 Å². The molecule has 0 saturated heterocycles. The lowest BCUT2D eigenvalue weighted by atomic mass is 9.96. The van der Waals surface area contributed by atoms with Gasteiger partial charge in [-0.05, 0) is 42.3 Å². The highest BCUT2D eigenvalue weighted by atomic mass is 35.5. The summed E-state index contributed by atoms with van der Waals surface area (Å²) in [7, 11) is 0. The number of hydrogen-bond donors (Lipinski definition) is 3. The molecule has 0 aliphatic heterocycles. The molecule has 1 aliphatic rings. The first-order valence-electron chi connectivity index (χ1n) is 13.7. The van der Waals surface area contributed by atoms with Crippen molar-refractivity contribution in [1.82, 2.24) is 15.1 Å². The highest BCUT2D eigenvalue weighted by Crippen LogP contribution is 2.33. The van der Waals surface area contributed by atoms with Crippen molar-refractivity contribution in [3.63, 3.8) is 0 Å². The first kappa shape index (κ1) is 29.7. The number of urea groups is 1. The number of hydrogen-bond acceptors (Lipinski definition) is 6. The number of pyridine rings is 1. The number of aromatic nitrogens is 3. The molecule has 2 heterocycles. The van der Waals surface area contributed by atoms with Crippen LogP contribution in [0.25, 0.3) is 22.6 Å². The maximum atomic E-state index is 14.4. The lowest BCUT2D eigenvalue weighted by molar-refractivity contribution is 0.262. The van der Waals surface area contributed by atoms with Crippen LogP contribution in [-0.2, 0) is 0 Å². The summed E-state index contributed by atoms with van der Waals surface area (Å²) in [4.78, 5) is 34.2. The van der Waals surface area contributed by atoms with Gasteiger partial charge in [0.25, 0.3) is 0 Å². The Hall–Kier alpha value is -4.77. The van der Waals surface area contributed by atoms with E-state index in [0.29, 0.717) is 41.4 Å². The normalized spacial score (nSPS) is 16.1. The van der Waals surface area contributed by atoms with E-state index < -0.39 is 23.8 Å². The second-order valence-electron chi connectivity index (χ2n) is 10.1. The summed E-state index contributed by atoms with van der Waals surface area (Å²) in [5, 5.41) is 9.31. The summed E-state index contributed by atoms with van der Waals surface area (Å²) in [6.45, 7) is 4.94. The van der Waals surface area contributed by atoms with Gasteiger partial charge in [-0.25, -0.2) is 23.4 Å². The average molecular weight is 607 g/mol. The molecule has 0 saturated carbocycles. The summed E-state index contributed by atoms with van der Waals surface area (Å²) in [6.07, 6.45) is 4.99. The molecule has 0 spiro atoms. The van der Waals surface area contributed by atoms with Gasteiger partial charge < -0.3 is 15.5 Å². The number of allylic oxidation sites excluding steroid dienone is 2. The zero-order valence-corrected chi connectivity index (χ0v) is 24.2. The van der Waals surface area contributed by atoms with E-state index in [1.807, 2.05) is 30.9 Å². The van der Waals surface area contributed by atoms with Gasteiger partial charge in [-0.2, -0.15) is 0 Å². The number of aromatic amines is 1. The van der Waals surface area contributed by atoms with Crippen LogP contribution in [0.15, 0.2) is 87.7 Å². The van der Waals surface area contributed by atoms with Gasteiger partial charge in [0.1, 0.15) is 17.8 Å². The second-order valence-corrected chi connectivity index (χ2v) is 10.6. The highest BCUT2D eigenvalue weighted by Gasteiger charge is 2.20. The molecule has 0 bridgehead atoms. The van der Waals surface area contributed by atoms with E-state index in [1.54, 1.807) is 42.5 Å². The molecule has 2 amide bonds. The van der Waals surface area contributed by atoms with E-state index in [4.69, 9.17) is 21.1 Å². The third kappa shape index (κ3) is 7.18. The van der Waals surface area contributed by atoms with Gasteiger partial charge in [0.05, 0.1) is 11.4 Å². The molecule has 9 nitrogen and oxygen atoms in total. The Morgan fingerprint density at radius 3 is 2.63 bits per heavy atom. The minimum atomic E-state index is -1.04. The molecular weight excluding hydrogens is 578 g/mol. The first-order chi connectivity index (χ1) is 20.7. The number of amides is 2. The van der Waals surface area contributed by atoms with Gasteiger partial charge in [0.15, 0.2) is 5.82 Å². The number of anilines is 3. The Kier molecular flexibility index (Phi) is 9.01. The van der Waals surface area contributed by atoms with Crippen molar-refractivity contribution in [2.45, 2.75) is 26.4 Å². The Bertz CT molecular complexity index is 1750. The number of nitrogens with zero attached hydrogens (tertiary/aromatic N) is 3. The Morgan fingerprint density at radius 1 is 1.14 bits per heavy atom. The molecule has 2 unspecified atom stereocenters. The summed E-state index contributed by atoms with van der Waals surface area (Å²) >= 11 is 5.84. The monoisotopic (exact) mass is 606 g/mol. The van der Waals surface area contributed by atoms with Crippen LogP contribution in [0, 0.1) is 11.7 Å². The van der Waals surface area contributed by atoms with Crippen molar-refractivity contribution in [3.05, 3.63) is 99.8 Å². The fourth-order valence-corrected chi connectivity index (χ4v) is 4.93. The molecule has 43 heavy (non-hydrogen) atoms. The Morgan fingerprint density at radius 2 is 1.93 bits per heavy atom. The number of carbonyl (C=O) groups is 1. The van der Waals surface area contributed by atoms with Crippen LogP contribution >= 0.6 is 11.6 Å². The highest BCUT2D eigenvalue weighted by molar-refractivity contribution is 6.30. The Balaban J connectivity index is 1.54. The predicted octanol–water partition coefficient (Wildman–Crippen LogP) is 7.22. The van der Waals surface area contributed by atoms with Crippen LogP contribution < -0.4 is 21.3 Å². The van der Waals surface area contributed by atoms with E-state index >= 15 is 0 Å².